The number of rotatable bonds is 5. The highest BCUT2D eigenvalue weighted by atomic mass is 16.2. The number of amides is 5. The second-order valence-electron chi connectivity index (χ2n) is 10.3. The Balaban J connectivity index is 0. The second-order valence-corrected chi connectivity index (χ2v) is 10.3. The van der Waals surface area contributed by atoms with Crippen LogP contribution in [0.4, 0.5) is 0 Å². The van der Waals surface area contributed by atoms with E-state index in [0.29, 0.717) is 31.4 Å². The fourth-order valence-electron chi connectivity index (χ4n) is 3.84. The summed E-state index contributed by atoms with van der Waals surface area (Å²) in [4.78, 5) is 66.3. The van der Waals surface area contributed by atoms with Gasteiger partial charge in [-0.2, -0.15) is 0 Å². The SMILES string of the molecule is CC.CC.CC(C)C(=O)N[C@]1(C)CCCCNC(=O)[C@@H](c2ccccc2)NC(=O)CNC(=O)CNC1=O.CCCNC(=NC)NC. The molecule has 1 aromatic rings. The van der Waals surface area contributed by atoms with E-state index in [-0.39, 0.29) is 30.8 Å². The number of benzene rings is 1. The summed E-state index contributed by atoms with van der Waals surface area (Å²) in [7, 11) is 3.61. The van der Waals surface area contributed by atoms with E-state index in [4.69, 9.17) is 0 Å². The van der Waals surface area contributed by atoms with Crippen molar-refractivity contribution in [1.29, 1.82) is 0 Å². The van der Waals surface area contributed by atoms with Crippen LogP contribution in [0.25, 0.3) is 0 Å². The molecule has 2 atom stereocenters. The molecule has 1 heterocycles. The van der Waals surface area contributed by atoms with Crippen molar-refractivity contribution in [2.75, 3.05) is 40.3 Å². The Hall–Kier alpha value is -4.16. The van der Waals surface area contributed by atoms with Gasteiger partial charge in [0.05, 0.1) is 13.1 Å². The second kappa shape index (κ2) is 26.1. The maximum Gasteiger partial charge on any atom is 0.247 e. The first kappa shape index (κ1) is 44.0. The molecular formula is C33H60N8O5. The van der Waals surface area contributed by atoms with Crippen molar-refractivity contribution in [3.05, 3.63) is 35.9 Å². The van der Waals surface area contributed by atoms with Crippen LogP contribution in [0.3, 0.4) is 0 Å². The van der Waals surface area contributed by atoms with E-state index in [2.05, 4.69) is 49.1 Å². The number of carbonyl (C=O) groups excluding carboxylic acids is 5. The molecule has 0 aliphatic carbocycles. The molecule has 262 valence electrons. The molecule has 7 N–H and O–H groups in total. The third-order valence-corrected chi connectivity index (χ3v) is 6.39. The van der Waals surface area contributed by atoms with Gasteiger partial charge >= 0.3 is 0 Å². The van der Waals surface area contributed by atoms with Crippen molar-refractivity contribution >= 4 is 35.5 Å². The third kappa shape index (κ3) is 18.0. The van der Waals surface area contributed by atoms with Crippen LogP contribution in [0.2, 0.25) is 0 Å². The summed E-state index contributed by atoms with van der Waals surface area (Å²) in [5, 5.41) is 19.2. The van der Waals surface area contributed by atoms with Gasteiger partial charge in [-0.3, -0.25) is 29.0 Å². The molecular weight excluding hydrogens is 588 g/mol. The Morgan fingerprint density at radius 3 is 2.11 bits per heavy atom. The molecule has 0 bridgehead atoms. The average Bonchev–Trinajstić information content (AvgIpc) is 3.07. The van der Waals surface area contributed by atoms with E-state index >= 15 is 0 Å². The highest BCUT2D eigenvalue weighted by molar-refractivity contribution is 5.95. The third-order valence-electron chi connectivity index (χ3n) is 6.39. The lowest BCUT2D eigenvalue weighted by atomic mass is 9.92. The van der Waals surface area contributed by atoms with Gasteiger partial charge in [0.15, 0.2) is 5.96 Å². The molecule has 1 aromatic carbocycles. The number of aliphatic imine (C=N–C) groups is 1. The fraction of sp³-hybridized carbons (Fsp3) is 0.636. The Morgan fingerprint density at radius 2 is 1.57 bits per heavy atom. The first-order valence-electron chi connectivity index (χ1n) is 16.3. The topological polar surface area (TPSA) is 182 Å². The molecule has 5 amide bonds. The molecule has 1 aliphatic rings. The Kier molecular flexibility index (Phi) is 24.9. The van der Waals surface area contributed by atoms with Gasteiger partial charge < -0.3 is 37.2 Å². The average molecular weight is 649 g/mol. The summed E-state index contributed by atoms with van der Waals surface area (Å²) in [6.45, 7) is 15.8. The maximum atomic E-state index is 12.8. The maximum absolute atomic E-state index is 12.8. The molecule has 1 saturated heterocycles. The molecule has 46 heavy (non-hydrogen) atoms. The van der Waals surface area contributed by atoms with Gasteiger partial charge in [-0.05, 0) is 38.2 Å². The predicted octanol–water partition coefficient (Wildman–Crippen LogP) is 2.15. The number of nitrogens with one attached hydrogen (secondary N) is 7. The van der Waals surface area contributed by atoms with Gasteiger partial charge in [0.2, 0.25) is 29.5 Å². The largest absolute Gasteiger partial charge is 0.359 e. The van der Waals surface area contributed by atoms with Crippen molar-refractivity contribution < 1.29 is 24.0 Å². The number of hydrogen-bond acceptors (Lipinski definition) is 6. The van der Waals surface area contributed by atoms with Gasteiger partial charge in [0.25, 0.3) is 0 Å². The monoisotopic (exact) mass is 648 g/mol. The quantitative estimate of drug-likeness (QED) is 0.189. The molecule has 0 radical (unpaired) electrons. The van der Waals surface area contributed by atoms with E-state index in [0.717, 1.165) is 18.9 Å². The minimum atomic E-state index is -1.22. The van der Waals surface area contributed by atoms with Gasteiger partial charge in [-0.1, -0.05) is 78.8 Å². The van der Waals surface area contributed by atoms with E-state index in [1.54, 1.807) is 52.1 Å². The fourth-order valence-corrected chi connectivity index (χ4v) is 3.84. The summed E-state index contributed by atoms with van der Waals surface area (Å²) in [6.07, 6.45) is 2.55. The van der Waals surface area contributed by atoms with Crippen LogP contribution < -0.4 is 37.2 Å². The summed E-state index contributed by atoms with van der Waals surface area (Å²) < 4.78 is 0. The van der Waals surface area contributed by atoms with E-state index in [1.807, 2.05) is 40.8 Å². The van der Waals surface area contributed by atoms with Crippen LogP contribution in [0.5, 0.6) is 0 Å². The molecule has 0 aromatic heterocycles. The van der Waals surface area contributed by atoms with Gasteiger partial charge in [0.1, 0.15) is 11.6 Å². The molecule has 0 saturated carbocycles. The van der Waals surface area contributed by atoms with Crippen LogP contribution in [-0.4, -0.2) is 81.3 Å². The molecule has 0 spiro atoms. The van der Waals surface area contributed by atoms with E-state index in [9.17, 15) is 24.0 Å². The van der Waals surface area contributed by atoms with Crippen molar-refractivity contribution in [2.24, 2.45) is 10.9 Å². The highest BCUT2D eigenvalue weighted by Gasteiger charge is 2.35. The zero-order chi connectivity index (χ0) is 35.5. The molecule has 0 unspecified atom stereocenters. The Morgan fingerprint density at radius 1 is 0.957 bits per heavy atom. The first-order chi connectivity index (χ1) is 22.0. The van der Waals surface area contributed by atoms with Gasteiger partial charge in [-0.25, -0.2) is 0 Å². The van der Waals surface area contributed by atoms with Crippen LogP contribution in [-0.2, 0) is 24.0 Å². The van der Waals surface area contributed by atoms with Crippen LogP contribution >= 0.6 is 0 Å². The smallest absolute Gasteiger partial charge is 0.247 e. The van der Waals surface area contributed by atoms with Crippen molar-refractivity contribution in [3.63, 3.8) is 0 Å². The van der Waals surface area contributed by atoms with Crippen molar-refractivity contribution in [3.8, 4) is 0 Å². The lowest BCUT2D eigenvalue weighted by Crippen LogP contribution is -2.58. The first-order valence-corrected chi connectivity index (χ1v) is 16.3. The summed E-state index contributed by atoms with van der Waals surface area (Å²) >= 11 is 0. The molecule has 2 rings (SSSR count). The van der Waals surface area contributed by atoms with Gasteiger partial charge in [-0.15, -0.1) is 0 Å². The molecule has 1 fully saturated rings. The van der Waals surface area contributed by atoms with Crippen LogP contribution in [0, 0.1) is 5.92 Å². The summed E-state index contributed by atoms with van der Waals surface area (Å²) in [5.74, 6) is -1.70. The lowest BCUT2D eigenvalue weighted by molar-refractivity contribution is -0.135. The van der Waals surface area contributed by atoms with Crippen molar-refractivity contribution in [1.82, 2.24) is 37.2 Å². The van der Waals surface area contributed by atoms with Crippen LogP contribution in [0.15, 0.2) is 35.3 Å². The standard InChI is InChI=1S/C23H33N5O5.C6H15N3.2C2H6/c1-15(2)20(31)28-23(3)11-7-8-12-24-21(32)19(16-9-5-4-6-10-16)27-18(30)14-25-17(29)13-26-22(23)33;1-4-5-9-6(7-2)8-3;2*1-2/h4-6,9-10,15,19H,7-8,11-14H2,1-3H3,(H,24,32)(H,25,29)(H,26,33)(H,27,30)(H,28,31);4-5H2,1-3H3,(H2,7,8,9);2*1-2H3/t19-,23-;;;/m1.../s1. The minimum absolute atomic E-state index is 0.276. The number of guanidine groups is 1. The summed E-state index contributed by atoms with van der Waals surface area (Å²) in [6, 6.07) is 7.91. The van der Waals surface area contributed by atoms with Crippen molar-refractivity contribution in [2.45, 2.75) is 92.7 Å². The van der Waals surface area contributed by atoms with E-state index in [1.165, 1.54) is 0 Å². The predicted molar refractivity (Wildman–Crippen MR) is 185 cm³/mol. The Labute approximate surface area is 276 Å². The number of hydrogen-bond donors (Lipinski definition) is 7. The zero-order valence-electron chi connectivity index (χ0n) is 29.7. The summed E-state index contributed by atoms with van der Waals surface area (Å²) in [5.41, 5.74) is -0.598. The van der Waals surface area contributed by atoms with Crippen LogP contribution in [0.1, 0.15) is 92.7 Å². The zero-order valence-corrected chi connectivity index (χ0v) is 29.7. The minimum Gasteiger partial charge on any atom is -0.359 e. The lowest BCUT2D eigenvalue weighted by Gasteiger charge is -2.30. The Bertz CT molecular complexity index is 1070. The number of nitrogens with zero attached hydrogens (tertiary/aromatic N) is 1. The highest BCUT2D eigenvalue weighted by Crippen LogP contribution is 2.16. The normalized spacial score (nSPS) is 19.5. The van der Waals surface area contributed by atoms with E-state index < -0.39 is 29.3 Å². The molecule has 13 nitrogen and oxygen atoms in total. The molecule has 13 heteroatoms. The molecule has 1 aliphatic heterocycles. The van der Waals surface area contributed by atoms with Gasteiger partial charge in [0, 0.05) is 33.1 Å². The number of carbonyl (C=O) groups is 5.